The number of methoxy groups -OCH3 is 1. The van der Waals surface area contributed by atoms with Crippen LogP contribution >= 0.6 is 15.9 Å². The Labute approximate surface area is 131 Å². The molecule has 4 nitrogen and oxygen atoms in total. The summed E-state index contributed by atoms with van der Waals surface area (Å²) in [6, 6.07) is 11.1. The summed E-state index contributed by atoms with van der Waals surface area (Å²) in [5, 5.41) is 2.83. The van der Waals surface area contributed by atoms with E-state index in [0.29, 0.717) is 5.71 Å². The van der Waals surface area contributed by atoms with Gasteiger partial charge in [-0.05, 0) is 48.9 Å². The van der Waals surface area contributed by atoms with E-state index in [0.717, 1.165) is 32.7 Å². The van der Waals surface area contributed by atoms with Gasteiger partial charge in [0.15, 0.2) is 0 Å². The summed E-state index contributed by atoms with van der Waals surface area (Å²) in [6.45, 7) is 1.98. The Balaban J connectivity index is 2.04. The largest absolute Gasteiger partial charge is 0.497 e. The molecule has 0 bridgehead atoms. The second-order valence-electron chi connectivity index (χ2n) is 4.76. The van der Waals surface area contributed by atoms with Gasteiger partial charge < -0.3 is 10.1 Å². The predicted molar refractivity (Wildman–Crippen MR) is 86.7 cm³/mol. The van der Waals surface area contributed by atoms with E-state index in [9.17, 15) is 4.79 Å². The van der Waals surface area contributed by atoms with E-state index in [1.165, 1.54) is 0 Å². The monoisotopic (exact) mass is 344 g/mol. The highest BCUT2D eigenvalue weighted by atomic mass is 79.9. The van der Waals surface area contributed by atoms with Crippen molar-refractivity contribution in [3.05, 3.63) is 52.0 Å². The Morgan fingerprint density at radius 2 is 1.90 bits per heavy atom. The van der Waals surface area contributed by atoms with Crippen molar-refractivity contribution in [2.45, 2.75) is 6.92 Å². The van der Waals surface area contributed by atoms with Crippen LogP contribution in [0.25, 0.3) is 0 Å². The Morgan fingerprint density at radius 3 is 2.57 bits per heavy atom. The molecule has 3 rings (SSSR count). The number of nitrogens with one attached hydrogen (secondary N) is 1. The molecule has 0 unspecified atom stereocenters. The molecular weight excluding hydrogens is 332 g/mol. The van der Waals surface area contributed by atoms with Crippen LogP contribution in [0.3, 0.4) is 0 Å². The van der Waals surface area contributed by atoms with Gasteiger partial charge in [0.05, 0.1) is 18.5 Å². The molecule has 0 fully saturated rings. The third-order valence-corrected chi connectivity index (χ3v) is 4.18. The summed E-state index contributed by atoms with van der Waals surface area (Å²) < 4.78 is 6.08. The SMILES string of the molecule is COc1ccc(N=C2C(=O)Nc3cc(Br)c(C)cc32)cc1. The van der Waals surface area contributed by atoms with Crippen LogP contribution in [0.2, 0.25) is 0 Å². The lowest BCUT2D eigenvalue weighted by atomic mass is 10.1. The molecule has 2 aromatic carbocycles. The lowest BCUT2D eigenvalue weighted by Gasteiger charge is -2.03. The number of benzene rings is 2. The van der Waals surface area contributed by atoms with Gasteiger partial charge in [-0.15, -0.1) is 0 Å². The highest BCUT2D eigenvalue weighted by Crippen LogP contribution is 2.31. The summed E-state index contributed by atoms with van der Waals surface area (Å²) in [5.41, 5.74) is 3.83. The van der Waals surface area contributed by atoms with E-state index in [-0.39, 0.29) is 5.91 Å². The number of nitrogens with zero attached hydrogens (tertiary/aromatic N) is 1. The molecule has 0 atom stereocenters. The number of halogens is 1. The Kier molecular flexibility index (Phi) is 3.51. The van der Waals surface area contributed by atoms with Crippen LogP contribution < -0.4 is 10.1 Å². The van der Waals surface area contributed by atoms with Crippen molar-refractivity contribution in [3.8, 4) is 5.75 Å². The van der Waals surface area contributed by atoms with Crippen LogP contribution in [0.15, 0.2) is 45.9 Å². The molecule has 0 saturated carbocycles. The van der Waals surface area contributed by atoms with Gasteiger partial charge in [-0.2, -0.15) is 0 Å². The van der Waals surface area contributed by atoms with E-state index < -0.39 is 0 Å². The molecule has 0 saturated heterocycles. The van der Waals surface area contributed by atoms with Gasteiger partial charge in [0, 0.05) is 10.0 Å². The topological polar surface area (TPSA) is 50.7 Å². The molecule has 0 aliphatic carbocycles. The zero-order valence-corrected chi connectivity index (χ0v) is 13.2. The minimum atomic E-state index is -0.182. The number of hydrogen-bond donors (Lipinski definition) is 1. The van der Waals surface area contributed by atoms with Gasteiger partial charge in [0.25, 0.3) is 5.91 Å². The molecule has 2 aromatic rings. The molecule has 1 aliphatic rings. The summed E-state index contributed by atoms with van der Waals surface area (Å²) in [6.07, 6.45) is 0. The highest BCUT2D eigenvalue weighted by Gasteiger charge is 2.26. The van der Waals surface area contributed by atoms with E-state index >= 15 is 0 Å². The zero-order valence-electron chi connectivity index (χ0n) is 11.6. The van der Waals surface area contributed by atoms with Crippen molar-refractivity contribution in [2.75, 3.05) is 12.4 Å². The highest BCUT2D eigenvalue weighted by molar-refractivity contribution is 9.10. The Bertz CT molecular complexity index is 752. The van der Waals surface area contributed by atoms with Crippen LogP contribution in [0.4, 0.5) is 11.4 Å². The van der Waals surface area contributed by atoms with Crippen LogP contribution in [0, 0.1) is 6.92 Å². The number of anilines is 1. The van der Waals surface area contributed by atoms with Crippen molar-refractivity contribution in [3.63, 3.8) is 0 Å². The Morgan fingerprint density at radius 1 is 1.19 bits per heavy atom. The lowest BCUT2D eigenvalue weighted by Crippen LogP contribution is -2.13. The van der Waals surface area contributed by atoms with E-state index in [4.69, 9.17) is 4.74 Å². The standard InChI is InChI=1S/C16H13BrN2O2/c1-9-7-12-14(8-13(9)17)19-16(20)15(12)18-10-3-5-11(21-2)6-4-10/h3-8H,1-2H3,(H,18,19,20). The Hall–Kier alpha value is -2.14. The van der Waals surface area contributed by atoms with Crippen LogP contribution in [0.1, 0.15) is 11.1 Å². The van der Waals surface area contributed by atoms with Gasteiger partial charge in [-0.1, -0.05) is 15.9 Å². The maximum absolute atomic E-state index is 12.1. The summed E-state index contributed by atoms with van der Waals surface area (Å²) in [7, 11) is 1.61. The second-order valence-corrected chi connectivity index (χ2v) is 5.61. The molecule has 21 heavy (non-hydrogen) atoms. The minimum Gasteiger partial charge on any atom is -0.497 e. The number of carbonyl (C=O) groups is 1. The lowest BCUT2D eigenvalue weighted by molar-refractivity contribution is -0.110. The average molecular weight is 345 g/mol. The minimum absolute atomic E-state index is 0.182. The van der Waals surface area contributed by atoms with Crippen LogP contribution in [0.5, 0.6) is 5.75 Å². The van der Waals surface area contributed by atoms with Crippen LogP contribution in [-0.2, 0) is 4.79 Å². The van der Waals surface area contributed by atoms with E-state index in [2.05, 4.69) is 26.2 Å². The van der Waals surface area contributed by atoms with E-state index in [1.54, 1.807) is 7.11 Å². The van der Waals surface area contributed by atoms with Crippen molar-refractivity contribution in [1.82, 2.24) is 0 Å². The van der Waals surface area contributed by atoms with Gasteiger partial charge in [-0.25, -0.2) is 4.99 Å². The quantitative estimate of drug-likeness (QED) is 0.899. The van der Waals surface area contributed by atoms with Crippen molar-refractivity contribution < 1.29 is 9.53 Å². The van der Waals surface area contributed by atoms with Crippen LogP contribution in [-0.4, -0.2) is 18.7 Å². The predicted octanol–water partition coefficient (Wildman–Crippen LogP) is 3.84. The van der Waals surface area contributed by atoms with Gasteiger partial charge >= 0.3 is 0 Å². The number of fused-ring (bicyclic) bond motifs is 1. The fraction of sp³-hybridized carbons (Fsp3) is 0.125. The van der Waals surface area contributed by atoms with Crippen molar-refractivity contribution >= 4 is 38.9 Å². The first-order valence-electron chi connectivity index (χ1n) is 6.43. The molecule has 5 heteroatoms. The third kappa shape index (κ3) is 2.56. The average Bonchev–Trinajstić information content (AvgIpc) is 2.76. The van der Waals surface area contributed by atoms with Crippen molar-refractivity contribution in [2.24, 2.45) is 4.99 Å². The number of aliphatic imine (C=N–C) groups is 1. The molecule has 1 N–H and O–H groups in total. The number of carbonyl (C=O) groups excluding carboxylic acids is 1. The summed E-state index contributed by atoms with van der Waals surface area (Å²) in [4.78, 5) is 16.6. The number of ether oxygens (including phenoxy) is 1. The first-order chi connectivity index (χ1) is 10.1. The molecule has 0 radical (unpaired) electrons. The molecule has 106 valence electrons. The molecule has 1 amide bonds. The molecule has 1 heterocycles. The molecular formula is C16H13BrN2O2. The maximum atomic E-state index is 12.1. The number of aryl methyl sites for hydroxylation is 1. The normalized spacial score (nSPS) is 15.0. The fourth-order valence-electron chi connectivity index (χ4n) is 2.18. The first kappa shape index (κ1) is 13.8. The molecule has 0 spiro atoms. The number of rotatable bonds is 2. The van der Waals surface area contributed by atoms with Crippen molar-refractivity contribution in [1.29, 1.82) is 0 Å². The zero-order chi connectivity index (χ0) is 15.0. The summed E-state index contributed by atoms with van der Waals surface area (Å²) in [5.74, 6) is 0.577. The second kappa shape index (κ2) is 5.33. The molecule has 1 aliphatic heterocycles. The van der Waals surface area contributed by atoms with E-state index in [1.807, 2.05) is 43.3 Å². The first-order valence-corrected chi connectivity index (χ1v) is 7.22. The van der Waals surface area contributed by atoms with Gasteiger partial charge in [0.1, 0.15) is 11.5 Å². The maximum Gasteiger partial charge on any atom is 0.275 e. The van der Waals surface area contributed by atoms with Gasteiger partial charge in [0.2, 0.25) is 0 Å². The number of amides is 1. The fourth-order valence-corrected chi connectivity index (χ4v) is 2.52. The smallest absolute Gasteiger partial charge is 0.275 e. The molecule has 0 aromatic heterocycles. The third-order valence-electron chi connectivity index (χ3n) is 3.33. The van der Waals surface area contributed by atoms with Gasteiger partial charge in [-0.3, -0.25) is 4.79 Å². The summed E-state index contributed by atoms with van der Waals surface area (Å²) >= 11 is 3.47. The number of hydrogen-bond acceptors (Lipinski definition) is 3.